The Hall–Kier alpha value is -6.78. The molecule has 0 bridgehead atoms. The van der Waals surface area contributed by atoms with Gasteiger partial charge in [-0.15, -0.1) is 0 Å². The van der Waals surface area contributed by atoms with Crippen LogP contribution in [-0.2, 0) is 0 Å². The molecule has 0 aliphatic rings. The largest absolute Gasteiger partial charge is 0.253 e. The van der Waals surface area contributed by atoms with E-state index in [2.05, 4.69) is 121 Å². The first kappa shape index (κ1) is 28.3. The molecule has 232 valence electrons. The van der Waals surface area contributed by atoms with E-state index in [1.807, 2.05) is 48.8 Å². The van der Waals surface area contributed by atoms with E-state index in [0.717, 1.165) is 88.4 Å². The second-order valence-corrected chi connectivity index (χ2v) is 12.7. The van der Waals surface area contributed by atoms with Crippen molar-refractivity contribution in [2.24, 2.45) is 0 Å². The zero-order valence-corrected chi connectivity index (χ0v) is 27.0. The van der Waals surface area contributed by atoms with Gasteiger partial charge >= 0.3 is 0 Å². The summed E-state index contributed by atoms with van der Waals surface area (Å²) in [4.78, 5) is 20.1. The number of pyridine rings is 4. The van der Waals surface area contributed by atoms with Gasteiger partial charge in [-0.05, 0) is 46.2 Å². The van der Waals surface area contributed by atoms with Gasteiger partial charge in [0.2, 0.25) is 0 Å². The molecule has 50 heavy (non-hydrogen) atoms. The molecule has 0 spiro atoms. The first-order valence-corrected chi connectivity index (χ1v) is 16.8. The molecule has 0 radical (unpaired) electrons. The summed E-state index contributed by atoms with van der Waals surface area (Å²) in [6.07, 6.45) is 3.97. The number of hydrogen-bond donors (Lipinski definition) is 0. The topological polar surface area (TPSA) is 51.6 Å². The van der Waals surface area contributed by atoms with E-state index in [1.165, 1.54) is 10.8 Å². The molecule has 0 aliphatic carbocycles. The molecule has 0 aliphatic heterocycles. The van der Waals surface area contributed by atoms with Crippen molar-refractivity contribution in [3.8, 4) is 44.8 Å². The molecular weight excluding hydrogens is 609 g/mol. The van der Waals surface area contributed by atoms with Gasteiger partial charge in [0.05, 0.1) is 33.5 Å². The number of fused-ring (bicyclic) bond motifs is 7. The fourth-order valence-electron chi connectivity index (χ4n) is 7.20. The molecule has 4 aromatic heterocycles. The first-order chi connectivity index (χ1) is 24.8. The van der Waals surface area contributed by atoms with Crippen LogP contribution < -0.4 is 0 Å². The van der Waals surface area contributed by atoms with Gasteiger partial charge in [0, 0.05) is 56.2 Å². The highest BCUT2D eigenvalue weighted by atomic mass is 14.8. The van der Waals surface area contributed by atoms with E-state index in [1.54, 1.807) is 0 Å². The van der Waals surface area contributed by atoms with Gasteiger partial charge < -0.3 is 0 Å². The van der Waals surface area contributed by atoms with Gasteiger partial charge in [0.25, 0.3) is 0 Å². The van der Waals surface area contributed by atoms with Crippen LogP contribution in [-0.4, -0.2) is 19.9 Å². The van der Waals surface area contributed by atoms with E-state index in [9.17, 15) is 0 Å². The number of hydrogen-bond acceptors (Lipinski definition) is 4. The molecule has 0 fully saturated rings. The maximum atomic E-state index is 5.06. The predicted molar refractivity (Wildman–Crippen MR) is 207 cm³/mol. The Morgan fingerprint density at radius 1 is 0.300 bits per heavy atom. The van der Waals surface area contributed by atoms with Gasteiger partial charge in [-0.1, -0.05) is 133 Å². The summed E-state index contributed by atoms with van der Waals surface area (Å²) in [7, 11) is 0. The highest BCUT2D eigenvalue weighted by Crippen LogP contribution is 2.38. The molecule has 4 heteroatoms. The predicted octanol–water partition coefficient (Wildman–Crippen LogP) is 11.7. The monoisotopic (exact) mass is 636 g/mol. The zero-order chi connectivity index (χ0) is 33.0. The first-order valence-electron chi connectivity index (χ1n) is 16.8. The lowest BCUT2D eigenvalue weighted by Crippen LogP contribution is -1.92. The van der Waals surface area contributed by atoms with Crippen molar-refractivity contribution in [2.75, 3.05) is 0 Å². The Morgan fingerprint density at radius 3 is 1.16 bits per heavy atom. The lowest BCUT2D eigenvalue weighted by atomic mass is 9.92. The minimum atomic E-state index is 0.907. The van der Waals surface area contributed by atoms with Crippen molar-refractivity contribution in [2.45, 2.75) is 0 Å². The number of aromatic nitrogens is 4. The smallest absolute Gasteiger partial charge is 0.0972 e. The minimum absolute atomic E-state index is 0.907. The Bertz CT molecular complexity index is 2720. The molecule has 6 aromatic carbocycles. The molecule has 10 rings (SSSR count). The average Bonchev–Trinajstić information content (AvgIpc) is 3.20. The van der Waals surface area contributed by atoms with Crippen molar-refractivity contribution in [1.82, 2.24) is 19.9 Å². The van der Waals surface area contributed by atoms with Crippen LogP contribution in [0.2, 0.25) is 0 Å². The van der Waals surface area contributed by atoms with Crippen LogP contribution in [0.15, 0.2) is 170 Å². The maximum Gasteiger partial charge on any atom is 0.0972 e. The van der Waals surface area contributed by atoms with Crippen molar-refractivity contribution in [3.05, 3.63) is 170 Å². The third kappa shape index (κ3) is 4.69. The lowest BCUT2D eigenvalue weighted by Gasteiger charge is -2.13. The number of benzene rings is 6. The molecule has 4 nitrogen and oxygen atoms in total. The van der Waals surface area contributed by atoms with Gasteiger partial charge in [0.15, 0.2) is 0 Å². The molecular formula is C46H28N4. The number of rotatable bonds is 4. The van der Waals surface area contributed by atoms with Crippen molar-refractivity contribution >= 4 is 54.4 Å². The third-order valence-corrected chi connectivity index (χ3v) is 9.71. The molecule has 4 heterocycles. The summed E-state index contributed by atoms with van der Waals surface area (Å²) in [5.74, 6) is 0. The van der Waals surface area contributed by atoms with Gasteiger partial charge in [-0.25, -0.2) is 9.97 Å². The van der Waals surface area contributed by atoms with Gasteiger partial charge in [0.1, 0.15) is 0 Å². The normalized spacial score (nSPS) is 11.6. The lowest BCUT2D eigenvalue weighted by molar-refractivity contribution is 1.37. The molecule has 10 aromatic rings. The van der Waals surface area contributed by atoms with Crippen molar-refractivity contribution in [1.29, 1.82) is 0 Å². The molecule has 0 N–H and O–H groups in total. The summed E-state index contributed by atoms with van der Waals surface area (Å²) >= 11 is 0. The van der Waals surface area contributed by atoms with E-state index in [4.69, 9.17) is 19.9 Å². The van der Waals surface area contributed by atoms with Gasteiger partial charge in [-0.2, -0.15) is 0 Å². The summed E-state index contributed by atoms with van der Waals surface area (Å²) in [5, 5.41) is 6.63. The standard InChI is InChI=1S/C46H28N4/c1-3-9-29(10-4-1)41-23-19-31-15-17-33-25-35(27-47-43(33)45(31)49-41)37-21-22-38(40-14-8-7-13-39(37)40)36-26-34-18-16-32-20-24-42(30-11-5-2-6-12-30)50-46(32)44(34)48-28-36/h1-28H. The minimum Gasteiger partial charge on any atom is -0.253 e. The maximum absolute atomic E-state index is 5.06. The van der Waals surface area contributed by atoms with Crippen LogP contribution in [0.25, 0.3) is 99.2 Å². The van der Waals surface area contributed by atoms with Crippen LogP contribution in [0.3, 0.4) is 0 Å². The average molecular weight is 637 g/mol. The third-order valence-electron chi connectivity index (χ3n) is 9.71. The summed E-state index contributed by atoms with van der Waals surface area (Å²) in [6, 6.07) is 55.1. The Labute approximate surface area is 288 Å². The second-order valence-electron chi connectivity index (χ2n) is 12.7. The molecule has 0 unspecified atom stereocenters. The Morgan fingerprint density at radius 2 is 0.700 bits per heavy atom. The summed E-state index contributed by atoms with van der Waals surface area (Å²) < 4.78 is 0. The fourth-order valence-corrected chi connectivity index (χ4v) is 7.20. The SMILES string of the molecule is c1ccc(-c2ccc3ccc4cc(-c5ccc(-c6cnc7c(ccc8ccc(-c9ccccc9)nc87)c6)c6ccccc56)cnc4c3n2)cc1. The van der Waals surface area contributed by atoms with E-state index >= 15 is 0 Å². The molecule has 0 amide bonds. The highest BCUT2D eigenvalue weighted by Gasteiger charge is 2.14. The van der Waals surface area contributed by atoms with E-state index in [-0.39, 0.29) is 0 Å². The summed E-state index contributed by atoms with van der Waals surface area (Å²) in [5.41, 5.74) is 12.2. The molecule has 0 saturated heterocycles. The van der Waals surface area contributed by atoms with Crippen LogP contribution in [0, 0.1) is 0 Å². The fraction of sp³-hybridized carbons (Fsp3) is 0. The quantitative estimate of drug-likeness (QED) is 0.180. The molecule has 0 saturated carbocycles. The second kappa shape index (κ2) is 11.4. The zero-order valence-electron chi connectivity index (χ0n) is 27.0. The van der Waals surface area contributed by atoms with Crippen molar-refractivity contribution < 1.29 is 0 Å². The summed E-state index contributed by atoms with van der Waals surface area (Å²) in [6.45, 7) is 0. The Balaban J connectivity index is 1.07. The van der Waals surface area contributed by atoms with E-state index < -0.39 is 0 Å². The van der Waals surface area contributed by atoms with E-state index in [0.29, 0.717) is 0 Å². The van der Waals surface area contributed by atoms with Crippen LogP contribution in [0.5, 0.6) is 0 Å². The van der Waals surface area contributed by atoms with Gasteiger partial charge in [-0.3, -0.25) is 9.97 Å². The Kier molecular flexibility index (Phi) is 6.46. The van der Waals surface area contributed by atoms with Crippen molar-refractivity contribution in [3.63, 3.8) is 0 Å². The highest BCUT2D eigenvalue weighted by molar-refractivity contribution is 6.09. The molecule has 0 atom stereocenters. The number of nitrogens with zero attached hydrogens (tertiary/aromatic N) is 4. The van der Waals surface area contributed by atoms with Crippen LogP contribution in [0.4, 0.5) is 0 Å². The van der Waals surface area contributed by atoms with Crippen LogP contribution >= 0.6 is 0 Å². The van der Waals surface area contributed by atoms with Crippen LogP contribution in [0.1, 0.15) is 0 Å².